The fourth-order valence-electron chi connectivity index (χ4n) is 2.09. The largest absolute Gasteiger partial charge is 0.497 e. The van der Waals surface area contributed by atoms with Crippen LogP contribution in [0.15, 0.2) is 18.2 Å². The van der Waals surface area contributed by atoms with Gasteiger partial charge < -0.3 is 9.31 Å². The van der Waals surface area contributed by atoms with Crippen LogP contribution in [0.25, 0.3) is 0 Å². The van der Waals surface area contributed by atoms with Crippen molar-refractivity contribution in [2.24, 2.45) is 5.14 Å². The molecule has 0 radical (unpaired) electrons. The predicted octanol–water partition coefficient (Wildman–Crippen LogP) is 0.910. The van der Waals surface area contributed by atoms with Crippen LogP contribution in [0.2, 0.25) is 0 Å². The number of nitrogens with two attached hydrogens (primary N) is 1. The third-order valence-corrected chi connectivity index (χ3v) is 4.47. The molecular formula is C13H21BN2O4S. The lowest BCUT2D eigenvalue weighted by atomic mass is 9.77. The summed E-state index contributed by atoms with van der Waals surface area (Å²) in [5.41, 5.74) is 0.883. The van der Waals surface area contributed by atoms with Crippen molar-refractivity contribution in [1.82, 2.24) is 0 Å². The van der Waals surface area contributed by atoms with Gasteiger partial charge in [-0.2, -0.15) is 8.42 Å². The van der Waals surface area contributed by atoms with Crippen LogP contribution in [0, 0.1) is 6.92 Å². The fourth-order valence-corrected chi connectivity index (χ4v) is 2.57. The lowest BCUT2D eigenvalue weighted by Crippen LogP contribution is -2.41. The Morgan fingerprint density at radius 1 is 1.14 bits per heavy atom. The molecule has 1 heterocycles. The van der Waals surface area contributed by atoms with Crippen molar-refractivity contribution >= 4 is 28.5 Å². The minimum Gasteiger partial charge on any atom is -0.399 e. The first kappa shape index (κ1) is 16.3. The van der Waals surface area contributed by atoms with Crippen molar-refractivity contribution in [2.45, 2.75) is 45.8 Å². The van der Waals surface area contributed by atoms with Gasteiger partial charge in [-0.3, -0.25) is 4.72 Å². The van der Waals surface area contributed by atoms with Crippen molar-refractivity contribution in [3.8, 4) is 0 Å². The van der Waals surface area contributed by atoms with E-state index < -0.39 is 28.5 Å². The van der Waals surface area contributed by atoms with Gasteiger partial charge in [0.25, 0.3) is 10.2 Å². The molecule has 1 aliphatic heterocycles. The van der Waals surface area contributed by atoms with Gasteiger partial charge in [-0.15, -0.1) is 0 Å². The van der Waals surface area contributed by atoms with Gasteiger partial charge in [0.2, 0.25) is 0 Å². The minimum absolute atomic E-state index is 0.371. The lowest BCUT2D eigenvalue weighted by molar-refractivity contribution is 0.00578. The topological polar surface area (TPSA) is 90.7 Å². The molecule has 0 atom stereocenters. The van der Waals surface area contributed by atoms with Crippen molar-refractivity contribution in [1.29, 1.82) is 0 Å². The van der Waals surface area contributed by atoms with E-state index >= 15 is 0 Å². The molecule has 0 unspecified atom stereocenters. The zero-order chi connectivity index (χ0) is 16.1. The summed E-state index contributed by atoms with van der Waals surface area (Å²) in [5.74, 6) is 0. The highest BCUT2D eigenvalue weighted by Gasteiger charge is 2.52. The molecule has 0 amide bonds. The molecule has 0 spiro atoms. The third-order valence-electron chi connectivity index (χ3n) is 3.97. The normalized spacial score (nSPS) is 20.6. The van der Waals surface area contributed by atoms with Crippen LogP contribution in [-0.2, 0) is 19.5 Å². The number of aryl methyl sites for hydroxylation is 1. The van der Waals surface area contributed by atoms with Gasteiger partial charge in [-0.1, -0.05) is 12.1 Å². The Kier molecular flexibility index (Phi) is 3.86. The summed E-state index contributed by atoms with van der Waals surface area (Å²) in [6.07, 6.45) is 0. The van der Waals surface area contributed by atoms with E-state index in [2.05, 4.69) is 4.72 Å². The minimum atomic E-state index is -3.86. The molecule has 6 nitrogen and oxygen atoms in total. The molecule has 0 bridgehead atoms. The number of hydrogen-bond acceptors (Lipinski definition) is 4. The van der Waals surface area contributed by atoms with E-state index in [9.17, 15) is 8.42 Å². The summed E-state index contributed by atoms with van der Waals surface area (Å²) in [6.45, 7) is 9.62. The van der Waals surface area contributed by atoms with E-state index in [1.165, 1.54) is 0 Å². The summed E-state index contributed by atoms with van der Waals surface area (Å²) in [7, 11) is -4.52. The van der Waals surface area contributed by atoms with Crippen molar-refractivity contribution < 1.29 is 17.7 Å². The van der Waals surface area contributed by atoms with E-state index in [4.69, 9.17) is 14.4 Å². The van der Waals surface area contributed by atoms with Crippen LogP contribution in [-0.4, -0.2) is 26.7 Å². The van der Waals surface area contributed by atoms with Crippen LogP contribution in [0.1, 0.15) is 33.3 Å². The molecule has 1 fully saturated rings. The molecule has 1 saturated heterocycles. The highest BCUT2D eigenvalue weighted by Crippen LogP contribution is 2.37. The molecule has 21 heavy (non-hydrogen) atoms. The first-order valence-corrected chi connectivity index (χ1v) is 8.23. The Morgan fingerprint density at radius 2 is 1.67 bits per heavy atom. The summed E-state index contributed by atoms with van der Waals surface area (Å²) in [4.78, 5) is 0. The Morgan fingerprint density at radius 3 is 2.14 bits per heavy atom. The maximum Gasteiger partial charge on any atom is 0.497 e. The molecule has 1 aromatic carbocycles. The number of anilines is 1. The molecule has 0 saturated carbocycles. The number of benzene rings is 1. The first-order chi connectivity index (χ1) is 9.41. The average Bonchev–Trinajstić information content (AvgIpc) is 2.45. The van der Waals surface area contributed by atoms with Crippen molar-refractivity contribution in [2.75, 3.05) is 4.72 Å². The van der Waals surface area contributed by atoms with E-state index in [0.717, 1.165) is 5.56 Å². The summed E-state index contributed by atoms with van der Waals surface area (Å²) >= 11 is 0. The zero-order valence-electron chi connectivity index (χ0n) is 12.9. The molecule has 0 aromatic heterocycles. The number of hydrogen-bond donors (Lipinski definition) is 2. The number of nitrogens with one attached hydrogen (secondary N) is 1. The van der Waals surface area contributed by atoms with E-state index in [0.29, 0.717) is 11.2 Å². The molecule has 3 N–H and O–H groups in total. The van der Waals surface area contributed by atoms with Crippen molar-refractivity contribution in [3.05, 3.63) is 23.8 Å². The Bertz CT molecular complexity index is 642. The van der Waals surface area contributed by atoms with Crippen LogP contribution < -0.4 is 15.3 Å². The van der Waals surface area contributed by atoms with E-state index in [1.807, 2.05) is 40.7 Å². The quantitative estimate of drug-likeness (QED) is 0.812. The average molecular weight is 312 g/mol. The molecule has 116 valence electrons. The van der Waals surface area contributed by atoms with E-state index in [1.54, 1.807) is 12.1 Å². The van der Waals surface area contributed by atoms with Gasteiger partial charge in [-0.05, 0) is 46.2 Å². The molecule has 1 aliphatic rings. The molecule has 1 aromatic rings. The Balaban J connectivity index is 2.42. The standard InChI is InChI=1S/C13H21BN2O4S/c1-9-6-7-10(11(8-9)16-21(15,17)18)14-19-12(2,3)13(4,5)20-14/h6-8,16H,1-5H3,(H2,15,17,18). The second-order valence-electron chi connectivity index (χ2n) is 6.33. The second-order valence-corrected chi connectivity index (χ2v) is 7.62. The van der Waals surface area contributed by atoms with Crippen LogP contribution in [0.3, 0.4) is 0 Å². The highest BCUT2D eigenvalue weighted by atomic mass is 32.2. The third kappa shape index (κ3) is 3.40. The highest BCUT2D eigenvalue weighted by molar-refractivity contribution is 7.90. The van der Waals surface area contributed by atoms with Gasteiger partial charge in [-0.25, -0.2) is 5.14 Å². The summed E-state index contributed by atoms with van der Waals surface area (Å²) in [6, 6.07) is 5.35. The SMILES string of the molecule is Cc1ccc(B2OC(C)(C)C(C)(C)O2)c(NS(N)(=O)=O)c1. The van der Waals surface area contributed by atoms with Crippen molar-refractivity contribution in [3.63, 3.8) is 0 Å². The molecule has 2 rings (SSSR count). The lowest BCUT2D eigenvalue weighted by Gasteiger charge is -2.32. The van der Waals surface area contributed by atoms with Crippen LogP contribution in [0.5, 0.6) is 0 Å². The van der Waals surface area contributed by atoms with Crippen LogP contribution >= 0.6 is 0 Å². The van der Waals surface area contributed by atoms with Gasteiger partial charge in [0.1, 0.15) is 0 Å². The second kappa shape index (κ2) is 4.98. The van der Waals surface area contributed by atoms with E-state index in [-0.39, 0.29) is 0 Å². The Labute approximate surface area is 126 Å². The summed E-state index contributed by atoms with van der Waals surface area (Å²) in [5, 5.41) is 5.07. The number of rotatable bonds is 3. The van der Waals surface area contributed by atoms with Gasteiger partial charge in [0.15, 0.2) is 0 Å². The van der Waals surface area contributed by atoms with Gasteiger partial charge in [0, 0.05) is 11.2 Å². The fraction of sp³-hybridized carbons (Fsp3) is 0.538. The zero-order valence-corrected chi connectivity index (χ0v) is 13.7. The smallest absolute Gasteiger partial charge is 0.399 e. The Hall–Kier alpha value is -1.09. The molecule has 8 heteroatoms. The maximum absolute atomic E-state index is 11.3. The van der Waals surface area contributed by atoms with Gasteiger partial charge in [0.05, 0.1) is 11.2 Å². The first-order valence-electron chi connectivity index (χ1n) is 6.68. The molecule has 0 aliphatic carbocycles. The molecular weight excluding hydrogens is 291 g/mol. The summed E-state index contributed by atoms with van der Waals surface area (Å²) < 4.78 is 36.8. The predicted molar refractivity (Wildman–Crippen MR) is 83.6 cm³/mol. The maximum atomic E-state index is 11.3. The monoisotopic (exact) mass is 312 g/mol. The van der Waals surface area contributed by atoms with Gasteiger partial charge >= 0.3 is 7.12 Å². The van der Waals surface area contributed by atoms with Crippen LogP contribution in [0.4, 0.5) is 5.69 Å².